The van der Waals surface area contributed by atoms with Crippen molar-refractivity contribution >= 4 is 28.2 Å². The van der Waals surface area contributed by atoms with Crippen molar-refractivity contribution in [2.45, 2.75) is 19.8 Å². The fourth-order valence-corrected chi connectivity index (χ4v) is 2.15. The molecule has 0 saturated carbocycles. The van der Waals surface area contributed by atoms with Crippen LogP contribution in [0.4, 0.5) is 5.82 Å². The molecule has 1 aromatic heterocycles. The monoisotopic (exact) mass is 262 g/mol. The Balaban J connectivity index is 1.95. The van der Waals surface area contributed by atoms with Crippen LogP contribution in [0.25, 0.3) is 10.8 Å². The minimum Gasteiger partial charge on any atom is -0.370 e. The van der Waals surface area contributed by atoms with E-state index in [4.69, 9.17) is 11.6 Å². The number of nitrogens with zero attached hydrogens (tertiary/aromatic N) is 1. The van der Waals surface area contributed by atoms with Crippen LogP contribution < -0.4 is 5.32 Å². The quantitative estimate of drug-likeness (QED) is 0.620. The molecule has 0 bridgehead atoms. The SMILES string of the molecule is CC(CCl)CCCNc1nccc2ccccc12. The van der Waals surface area contributed by atoms with Gasteiger partial charge in [-0.15, -0.1) is 11.6 Å². The summed E-state index contributed by atoms with van der Waals surface area (Å²) in [6.45, 7) is 3.13. The largest absolute Gasteiger partial charge is 0.370 e. The maximum atomic E-state index is 5.79. The number of benzene rings is 1. The third kappa shape index (κ3) is 3.36. The van der Waals surface area contributed by atoms with E-state index < -0.39 is 0 Å². The molecule has 0 fully saturated rings. The molecule has 0 aliphatic carbocycles. The summed E-state index contributed by atoms with van der Waals surface area (Å²) in [6, 6.07) is 10.3. The first-order valence-electron chi connectivity index (χ1n) is 6.45. The fraction of sp³-hybridized carbons (Fsp3) is 0.400. The Morgan fingerprint density at radius 1 is 1.28 bits per heavy atom. The lowest BCUT2D eigenvalue weighted by atomic mass is 10.1. The predicted molar refractivity (Wildman–Crippen MR) is 79.4 cm³/mol. The molecule has 1 aromatic carbocycles. The second-order valence-corrected chi connectivity index (χ2v) is 5.02. The number of anilines is 1. The molecule has 2 nitrogen and oxygen atoms in total. The van der Waals surface area contributed by atoms with Gasteiger partial charge in [-0.3, -0.25) is 0 Å². The predicted octanol–water partition coefficient (Wildman–Crippen LogP) is 4.30. The van der Waals surface area contributed by atoms with Crippen molar-refractivity contribution in [1.82, 2.24) is 4.98 Å². The van der Waals surface area contributed by atoms with Crippen molar-refractivity contribution in [3.8, 4) is 0 Å². The van der Waals surface area contributed by atoms with E-state index in [9.17, 15) is 0 Å². The average molecular weight is 263 g/mol. The van der Waals surface area contributed by atoms with Crippen LogP contribution in [0.3, 0.4) is 0 Å². The van der Waals surface area contributed by atoms with Gasteiger partial charge < -0.3 is 5.32 Å². The van der Waals surface area contributed by atoms with E-state index in [1.165, 1.54) is 10.8 Å². The third-order valence-electron chi connectivity index (χ3n) is 3.10. The Kier molecular flexibility index (Phi) is 4.82. The Bertz CT molecular complexity index is 493. The third-order valence-corrected chi connectivity index (χ3v) is 3.63. The summed E-state index contributed by atoms with van der Waals surface area (Å²) in [7, 11) is 0. The maximum absolute atomic E-state index is 5.79. The number of fused-ring (bicyclic) bond motifs is 1. The molecule has 0 aliphatic heterocycles. The van der Waals surface area contributed by atoms with Crippen LogP contribution in [0.1, 0.15) is 19.8 Å². The van der Waals surface area contributed by atoms with Gasteiger partial charge in [-0.05, 0) is 30.2 Å². The molecule has 0 aliphatic rings. The van der Waals surface area contributed by atoms with Crippen LogP contribution >= 0.6 is 11.6 Å². The topological polar surface area (TPSA) is 24.9 Å². The van der Waals surface area contributed by atoms with E-state index in [2.05, 4.69) is 29.4 Å². The molecular formula is C15H19ClN2. The zero-order valence-electron chi connectivity index (χ0n) is 10.7. The zero-order valence-corrected chi connectivity index (χ0v) is 11.5. The second kappa shape index (κ2) is 6.60. The lowest BCUT2D eigenvalue weighted by molar-refractivity contribution is 0.572. The molecule has 1 atom stereocenters. The van der Waals surface area contributed by atoms with Crippen molar-refractivity contribution in [3.05, 3.63) is 36.5 Å². The Morgan fingerprint density at radius 3 is 2.94 bits per heavy atom. The van der Waals surface area contributed by atoms with Crippen molar-refractivity contribution in [1.29, 1.82) is 0 Å². The summed E-state index contributed by atoms with van der Waals surface area (Å²) < 4.78 is 0. The first-order chi connectivity index (χ1) is 8.81. The summed E-state index contributed by atoms with van der Waals surface area (Å²) in [4.78, 5) is 4.41. The molecule has 3 heteroatoms. The van der Waals surface area contributed by atoms with Crippen molar-refractivity contribution in [2.75, 3.05) is 17.7 Å². The molecule has 0 spiro atoms. The molecule has 2 rings (SSSR count). The standard InChI is InChI=1S/C15H19ClN2/c1-12(11-16)5-4-9-17-15-14-7-3-2-6-13(14)8-10-18-15/h2-3,6-8,10,12H,4-5,9,11H2,1H3,(H,17,18). The molecule has 18 heavy (non-hydrogen) atoms. The van der Waals surface area contributed by atoms with Gasteiger partial charge in [0.1, 0.15) is 5.82 Å². The lowest BCUT2D eigenvalue weighted by Crippen LogP contribution is -2.06. The van der Waals surface area contributed by atoms with Crippen molar-refractivity contribution < 1.29 is 0 Å². The highest BCUT2D eigenvalue weighted by molar-refractivity contribution is 6.18. The van der Waals surface area contributed by atoms with E-state index in [-0.39, 0.29) is 0 Å². The zero-order chi connectivity index (χ0) is 12.8. The van der Waals surface area contributed by atoms with Gasteiger partial charge in [0.2, 0.25) is 0 Å². The number of nitrogens with one attached hydrogen (secondary N) is 1. The van der Waals surface area contributed by atoms with Gasteiger partial charge in [-0.2, -0.15) is 0 Å². The van der Waals surface area contributed by atoms with Gasteiger partial charge in [0.05, 0.1) is 0 Å². The van der Waals surface area contributed by atoms with E-state index in [1.807, 2.05) is 24.4 Å². The number of hydrogen-bond acceptors (Lipinski definition) is 2. The average Bonchev–Trinajstić information content (AvgIpc) is 2.43. The van der Waals surface area contributed by atoms with E-state index in [0.29, 0.717) is 5.92 Å². The summed E-state index contributed by atoms with van der Waals surface area (Å²) in [5.41, 5.74) is 0. The van der Waals surface area contributed by atoms with Gasteiger partial charge in [0.15, 0.2) is 0 Å². The van der Waals surface area contributed by atoms with E-state index in [1.54, 1.807) is 0 Å². The molecule has 0 saturated heterocycles. The highest BCUT2D eigenvalue weighted by Gasteiger charge is 2.02. The minimum atomic E-state index is 0.592. The van der Waals surface area contributed by atoms with Gasteiger partial charge in [-0.1, -0.05) is 31.2 Å². The lowest BCUT2D eigenvalue weighted by Gasteiger charge is -2.10. The fourth-order valence-electron chi connectivity index (χ4n) is 1.99. The number of halogens is 1. The van der Waals surface area contributed by atoms with Crippen LogP contribution in [0.2, 0.25) is 0 Å². The summed E-state index contributed by atoms with van der Waals surface area (Å²) in [5, 5.41) is 5.82. The normalized spacial score (nSPS) is 12.6. The molecule has 96 valence electrons. The Hall–Kier alpha value is -1.28. The highest BCUT2D eigenvalue weighted by Crippen LogP contribution is 2.20. The molecular weight excluding hydrogens is 244 g/mol. The van der Waals surface area contributed by atoms with Crippen molar-refractivity contribution in [2.24, 2.45) is 5.92 Å². The Morgan fingerprint density at radius 2 is 2.11 bits per heavy atom. The molecule has 1 heterocycles. The number of hydrogen-bond donors (Lipinski definition) is 1. The molecule has 1 N–H and O–H groups in total. The van der Waals surface area contributed by atoms with Crippen LogP contribution in [0.5, 0.6) is 0 Å². The second-order valence-electron chi connectivity index (χ2n) is 4.71. The number of aromatic nitrogens is 1. The van der Waals surface area contributed by atoms with Crippen LogP contribution in [-0.4, -0.2) is 17.4 Å². The number of rotatable bonds is 6. The van der Waals surface area contributed by atoms with Gasteiger partial charge in [0.25, 0.3) is 0 Å². The van der Waals surface area contributed by atoms with Gasteiger partial charge in [-0.25, -0.2) is 4.98 Å². The minimum absolute atomic E-state index is 0.592. The van der Waals surface area contributed by atoms with Crippen molar-refractivity contribution in [3.63, 3.8) is 0 Å². The molecule has 0 radical (unpaired) electrons. The first kappa shape index (κ1) is 13.2. The van der Waals surface area contributed by atoms with E-state index >= 15 is 0 Å². The molecule has 0 amide bonds. The van der Waals surface area contributed by atoms with E-state index in [0.717, 1.165) is 31.1 Å². The van der Waals surface area contributed by atoms with Crippen LogP contribution in [-0.2, 0) is 0 Å². The summed E-state index contributed by atoms with van der Waals surface area (Å²) in [6.07, 6.45) is 4.13. The highest BCUT2D eigenvalue weighted by atomic mass is 35.5. The van der Waals surface area contributed by atoms with Gasteiger partial charge in [0, 0.05) is 24.0 Å². The molecule has 1 unspecified atom stereocenters. The van der Waals surface area contributed by atoms with Crippen LogP contribution in [0, 0.1) is 5.92 Å². The maximum Gasteiger partial charge on any atom is 0.133 e. The smallest absolute Gasteiger partial charge is 0.133 e. The molecule has 2 aromatic rings. The number of alkyl halides is 1. The van der Waals surface area contributed by atoms with Crippen LogP contribution in [0.15, 0.2) is 36.5 Å². The summed E-state index contributed by atoms with van der Waals surface area (Å²) >= 11 is 5.79. The van der Waals surface area contributed by atoms with Gasteiger partial charge >= 0.3 is 0 Å². The first-order valence-corrected chi connectivity index (χ1v) is 6.98. The Labute approximate surface area is 113 Å². The summed E-state index contributed by atoms with van der Waals surface area (Å²) in [5.74, 6) is 2.31. The number of pyridine rings is 1.